The molecule has 0 aliphatic heterocycles. The average molecular weight is 234 g/mol. The van der Waals surface area contributed by atoms with Crippen LogP contribution in [0, 0.1) is 0 Å². The number of aliphatic hydroxyl groups is 2. The zero-order chi connectivity index (χ0) is 12.4. The van der Waals surface area contributed by atoms with Crippen molar-refractivity contribution in [2.45, 2.75) is 18.5 Å². The summed E-state index contributed by atoms with van der Waals surface area (Å²) in [5, 5.41) is 18.2. The van der Waals surface area contributed by atoms with Crippen molar-refractivity contribution in [3.05, 3.63) is 35.4 Å². The Kier molecular flexibility index (Phi) is 3.60. The van der Waals surface area contributed by atoms with Crippen LogP contribution < -0.4 is 0 Å². The number of halogens is 3. The van der Waals surface area contributed by atoms with Gasteiger partial charge in [0.1, 0.15) is 0 Å². The Labute approximate surface area is 91.3 Å². The van der Waals surface area contributed by atoms with Crippen molar-refractivity contribution in [3.8, 4) is 0 Å². The van der Waals surface area contributed by atoms with E-state index in [1.165, 1.54) is 12.1 Å². The first kappa shape index (κ1) is 13.0. The molecule has 0 radical (unpaired) electrons. The van der Waals surface area contributed by atoms with Gasteiger partial charge in [-0.1, -0.05) is 19.1 Å². The Morgan fingerprint density at radius 3 is 1.62 bits per heavy atom. The van der Waals surface area contributed by atoms with Crippen LogP contribution in [-0.2, 0) is 11.6 Å². The second kappa shape index (κ2) is 4.43. The van der Waals surface area contributed by atoms with Crippen molar-refractivity contribution in [1.29, 1.82) is 0 Å². The first-order valence-electron chi connectivity index (χ1n) is 4.73. The number of rotatable bonds is 3. The van der Waals surface area contributed by atoms with E-state index >= 15 is 0 Å². The van der Waals surface area contributed by atoms with Gasteiger partial charge in [0.2, 0.25) is 0 Å². The predicted molar refractivity (Wildman–Crippen MR) is 53.0 cm³/mol. The standard InChI is InChI=1S/C11H13F3O2/c1-10(6-15,7-16)8-2-4-9(5-3-8)11(12,13)14/h2-5,15-16H,6-7H2,1H3. The van der Waals surface area contributed by atoms with Crippen LogP contribution in [0.3, 0.4) is 0 Å². The number of benzene rings is 1. The van der Waals surface area contributed by atoms with Crippen LogP contribution in [0.4, 0.5) is 13.2 Å². The number of alkyl halides is 3. The summed E-state index contributed by atoms with van der Waals surface area (Å²) in [5.74, 6) is 0. The third kappa shape index (κ3) is 2.54. The average Bonchev–Trinajstić information content (AvgIpc) is 2.27. The molecule has 0 saturated carbocycles. The molecule has 2 N–H and O–H groups in total. The summed E-state index contributed by atoms with van der Waals surface area (Å²) in [7, 11) is 0. The molecular weight excluding hydrogens is 221 g/mol. The van der Waals surface area contributed by atoms with Crippen LogP contribution in [0.2, 0.25) is 0 Å². The van der Waals surface area contributed by atoms with Crippen molar-refractivity contribution in [2.75, 3.05) is 13.2 Å². The van der Waals surface area contributed by atoms with Gasteiger partial charge in [-0.25, -0.2) is 0 Å². The lowest BCUT2D eigenvalue weighted by atomic mass is 9.84. The molecule has 0 aliphatic rings. The van der Waals surface area contributed by atoms with E-state index < -0.39 is 17.2 Å². The monoisotopic (exact) mass is 234 g/mol. The topological polar surface area (TPSA) is 40.5 Å². The summed E-state index contributed by atoms with van der Waals surface area (Å²) in [6.45, 7) is 0.930. The van der Waals surface area contributed by atoms with E-state index in [9.17, 15) is 13.2 Å². The summed E-state index contributed by atoms with van der Waals surface area (Å²) < 4.78 is 36.8. The van der Waals surface area contributed by atoms with Crippen molar-refractivity contribution < 1.29 is 23.4 Å². The van der Waals surface area contributed by atoms with E-state index in [1.54, 1.807) is 6.92 Å². The van der Waals surface area contributed by atoms with Crippen LogP contribution in [0.1, 0.15) is 18.1 Å². The maximum Gasteiger partial charge on any atom is 0.416 e. The van der Waals surface area contributed by atoms with Gasteiger partial charge < -0.3 is 10.2 Å². The van der Waals surface area contributed by atoms with E-state index in [0.29, 0.717) is 5.56 Å². The van der Waals surface area contributed by atoms with Gasteiger partial charge >= 0.3 is 6.18 Å². The second-order valence-corrected chi connectivity index (χ2v) is 3.95. The molecule has 0 saturated heterocycles. The highest BCUT2D eigenvalue weighted by Crippen LogP contribution is 2.31. The molecular formula is C11H13F3O2. The summed E-state index contributed by atoms with van der Waals surface area (Å²) >= 11 is 0. The molecule has 1 rings (SSSR count). The minimum atomic E-state index is -4.37. The zero-order valence-corrected chi connectivity index (χ0v) is 8.75. The smallest absolute Gasteiger partial charge is 0.395 e. The molecule has 90 valence electrons. The molecule has 0 heterocycles. The molecule has 0 fully saturated rings. The molecule has 1 aromatic rings. The van der Waals surface area contributed by atoms with E-state index in [0.717, 1.165) is 12.1 Å². The highest BCUT2D eigenvalue weighted by atomic mass is 19.4. The lowest BCUT2D eigenvalue weighted by molar-refractivity contribution is -0.137. The van der Waals surface area contributed by atoms with Gasteiger partial charge in [0, 0.05) is 5.41 Å². The fourth-order valence-corrected chi connectivity index (χ4v) is 1.29. The van der Waals surface area contributed by atoms with Gasteiger partial charge in [-0.15, -0.1) is 0 Å². The van der Waals surface area contributed by atoms with Crippen molar-refractivity contribution >= 4 is 0 Å². The lowest BCUT2D eigenvalue weighted by Crippen LogP contribution is -2.31. The molecule has 0 spiro atoms. The predicted octanol–water partition coefficient (Wildman–Crippen LogP) is 1.95. The third-order valence-corrected chi connectivity index (χ3v) is 2.61. The van der Waals surface area contributed by atoms with Gasteiger partial charge in [-0.3, -0.25) is 0 Å². The lowest BCUT2D eigenvalue weighted by Gasteiger charge is -2.25. The van der Waals surface area contributed by atoms with Crippen LogP contribution in [0.5, 0.6) is 0 Å². The molecule has 0 bridgehead atoms. The molecule has 0 aromatic heterocycles. The first-order chi connectivity index (χ1) is 7.33. The SMILES string of the molecule is CC(CO)(CO)c1ccc(C(F)(F)F)cc1. The zero-order valence-electron chi connectivity index (χ0n) is 8.75. The Morgan fingerprint density at radius 1 is 0.938 bits per heavy atom. The highest BCUT2D eigenvalue weighted by Gasteiger charge is 2.31. The molecule has 0 unspecified atom stereocenters. The maximum absolute atomic E-state index is 12.3. The fourth-order valence-electron chi connectivity index (χ4n) is 1.29. The minimum absolute atomic E-state index is 0.325. The maximum atomic E-state index is 12.3. The molecule has 16 heavy (non-hydrogen) atoms. The molecule has 0 aliphatic carbocycles. The Morgan fingerprint density at radius 2 is 1.31 bits per heavy atom. The number of aliphatic hydroxyl groups excluding tert-OH is 2. The van der Waals surface area contributed by atoms with Gasteiger partial charge in [0.25, 0.3) is 0 Å². The Balaban J connectivity index is 3.04. The van der Waals surface area contributed by atoms with Gasteiger partial charge in [0.05, 0.1) is 18.8 Å². The van der Waals surface area contributed by atoms with Gasteiger partial charge in [-0.05, 0) is 17.7 Å². The van der Waals surface area contributed by atoms with Crippen molar-refractivity contribution in [2.24, 2.45) is 0 Å². The second-order valence-electron chi connectivity index (χ2n) is 3.95. The molecule has 2 nitrogen and oxygen atoms in total. The van der Waals surface area contributed by atoms with Crippen LogP contribution >= 0.6 is 0 Å². The normalized spacial score (nSPS) is 12.9. The van der Waals surface area contributed by atoms with Crippen LogP contribution in [0.15, 0.2) is 24.3 Å². The summed E-state index contributed by atoms with van der Waals surface area (Å²) in [4.78, 5) is 0. The summed E-state index contributed by atoms with van der Waals surface area (Å²) in [6.07, 6.45) is -4.37. The van der Waals surface area contributed by atoms with Crippen LogP contribution in [-0.4, -0.2) is 23.4 Å². The third-order valence-electron chi connectivity index (χ3n) is 2.61. The summed E-state index contributed by atoms with van der Waals surface area (Å²) in [6, 6.07) is 4.43. The Hall–Kier alpha value is -1.07. The van der Waals surface area contributed by atoms with E-state index in [2.05, 4.69) is 0 Å². The fraction of sp³-hybridized carbons (Fsp3) is 0.455. The van der Waals surface area contributed by atoms with E-state index in [4.69, 9.17) is 10.2 Å². The molecule has 0 atom stereocenters. The van der Waals surface area contributed by atoms with E-state index in [1.807, 2.05) is 0 Å². The van der Waals surface area contributed by atoms with Crippen molar-refractivity contribution in [1.82, 2.24) is 0 Å². The molecule has 5 heteroatoms. The number of hydrogen-bond donors (Lipinski definition) is 2. The van der Waals surface area contributed by atoms with Gasteiger partial charge in [0.15, 0.2) is 0 Å². The molecule has 0 amide bonds. The van der Waals surface area contributed by atoms with Crippen LogP contribution in [0.25, 0.3) is 0 Å². The quantitative estimate of drug-likeness (QED) is 0.839. The van der Waals surface area contributed by atoms with E-state index in [-0.39, 0.29) is 13.2 Å². The highest BCUT2D eigenvalue weighted by molar-refractivity contribution is 5.30. The first-order valence-corrected chi connectivity index (χ1v) is 4.73. The number of hydrogen-bond acceptors (Lipinski definition) is 2. The Bertz CT molecular complexity index is 339. The van der Waals surface area contributed by atoms with Gasteiger partial charge in [-0.2, -0.15) is 13.2 Å². The van der Waals surface area contributed by atoms with Crippen molar-refractivity contribution in [3.63, 3.8) is 0 Å². The minimum Gasteiger partial charge on any atom is -0.395 e. The molecule has 1 aromatic carbocycles. The largest absolute Gasteiger partial charge is 0.416 e. The summed E-state index contributed by atoms with van der Waals surface area (Å²) in [5.41, 5.74) is -1.18.